The quantitative estimate of drug-likeness (QED) is 0.865. The predicted octanol–water partition coefficient (Wildman–Crippen LogP) is 2.82. The van der Waals surface area contributed by atoms with Crippen LogP contribution in [0.3, 0.4) is 0 Å². The van der Waals surface area contributed by atoms with E-state index in [0.29, 0.717) is 38.4 Å². The van der Waals surface area contributed by atoms with Gasteiger partial charge in [-0.15, -0.1) is 0 Å². The summed E-state index contributed by atoms with van der Waals surface area (Å²) in [6.07, 6.45) is 2.95. The van der Waals surface area contributed by atoms with E-state index in [1.807, 2.05) is 41.8 Å². The van der Waals surface area contributed by atoms with E-state index in [9.17, 15) is 14.7 Å². The van der Waals surface area contributed by atoms with Crippen molar-refractivity contribution in [2.45, 2.75) is 58.6 Å². The van der Waals surface area contributed by atoms with Gasteiger partial charge in [0.05, 0.1) is 0 Å². The fourth-order valence-electron chi connectivity index (χ4n) is 4.42. The molecule has 0 radical (unpaired) electrons. The van der Waals surface area contributed by atoms with Gasteiger partial charge in [0.1, 0.15) is 6.10 Å². The number of aliphatic hydroxyl groups is 1. The monoisotopic (exact) mass is 372 g/mol. The number of aliphatic hydroxyl groups excluding tert-OH is 1. The van der Waals surface area contributed by atoms with Crippen LogP contribution in [-0.2, 0) is 16.1 Å². The van der Waals surface area contributed by atoms with Crippen molar-refractivity contribution in [1.82, 2.24) is 9.80 Å². The van der Waals surface area contributed by atoms with Gasteiger partial charge in [-0.3, -0.25) is 9.59 Å². The van der Waals surface area contributed by atoms with Crippen LogP contribution in [0.25, 0.3) is 0 Å². The summed E-state index contributed by atoms with van der Waals surface area (Å²) in [5, 5.41) is 10.1. The third kappa shape index (κ3) is 4.89. The highest BCUT2D eigenvalue weighted by Gasteiger charge is 2.42. The maximum Gasteiger partial charge on any atom is 0.251 e. The molecule has 1 N–H and O–H groups in total. The Morgan fingerprint density at radius 2 is 1.81 bits per heavy atom. The smallest absolute Gasteiger partial charge is 0.251 e. The fourth-order valence-corrected chi connectivity index (χ4v) is 4.42. The number of rotatable bonds is 5. The third-order valence-electron chi connectivity index (χ3n) is 6.08. The first-order valence-corrected chi connectivity index (χ1v) is 10.2. The van der Waals surface area contributed by atoms with Crippen LogP contribution in [0.1, 0.15) is 51.5 Å². The summed E-state index contributed by atoms with van der Waals surface area (Å²) < 4.78 is 0. The van der Waals surface area contributed by atoms with Gasteiger partial charge in [0, 0.05) is 32.6 Å². The highest BCUT2D eigenvalue weighted by molar-refractivity contribution is 5.81. The van der Waals surface area contributed by atoms with E-state index in [-0.39, 0.29) is 17.2 Å². The van der Waals surface area contributed by atoms with Crippen molar-refractivity contribution in [3.05, 3.63) is 35.9 Å². The molecular weight excluding hydrogens is 340 g/mol. The second kappa shape index (κ2) is 8.42. The number of hydrogen-bond donors (Lipinski definition) is 1. The summed E-state index contributed by atoms with van der Waals surface area (Å²) in [6, 6.07) is 10.1. The summed E-state index contributed by atoms with van der Waals surface area (Å²) in [4.78, 5) is 28.7. The molecule has 0 bridgehead atoms. The fraction of sp³-hybridized carbons (Fsp3) is 0.636. The number of amides is 2. The maximum atomic E-state index is 12.5. The molecule has 1 aromatic carbocycles. The Morgan fingerprint density at radius 3 is 2.44 bits per heavy atom. The van der Waals surface area contributed by atoms with Crippen molar-refractivity contribution in [3.8, 4) is 0 Å². The van der Waals surface area contributed by atoms with Crippen molar-refractivity contribution in [2.24, 2.45) is 11.3 Å². The molecule has 2 saturated heterocycles. The Bertz CT molecular complexity index is 651. The van der Waals surface area contributed by atoms with E-state index in [2.05, 4.69) is 12.1 Å². The van der Waals surface area contributed by atoms with Crippen molar-refractivity contribution in [1.29, 1.82) is 0 Å². The number of carbonyl (C=O) groups excluding carboxylic acids is 2. The molecule has 1 spiro atoms. The molecule has 0 aromatic heterocycles. The van der Waals surface area contributed by atoms with E-state index < -0.39 is 6.10 Å². The van der Waals surface area contributed by atoms with Gasteiger partial charge in [0.25, 0.3) is 5.91 Å². The van der Waals surface area contributed by atoms with Crippen LogP contribution in [0.15, 0.2) is 30.3 Å². The zero-order valence-corrected chi connectivity index (χ0v) is 16.6. The van der Waals surface area contributed by atoms with E-state index in [1.165, 1.54) is 0 Å². The minimum Gasteiger partial charge on any atom is -0.383 e. The lowest BCUT2D eigenvalue weighted by Crippen LogP contribution is -2.53. The molecule has 27 heavy (non-hydrogen) atoms. The topological polar surface area (TPSA) is 60.9 Å². The third-order valence-corrected chi connectivity index (χ3v) is 6.08. The molecule has 1 atom stereocenters. The number of piperidine rings is 2. The van der Waals surface area contributed by atoms with Gasteiger partial charge in [-0.25, -0.2) is 0 Å². The molecule has 1 aromatic rings. The van der Waals surface area contributed by atoms with Crippen molar-refractivity contribution < 1.29 is 14.7 Å². The first-order chi connectivity index (χ1) is 12.9. The van der Waals surface area contributed by atoms with E-state index in [4.69, 9.17) is 0 Å². The zero-order chi connectivity index (χ0) is 19.4. The molecule has 0 unspecified atom stereocenters. The summed E-state index contributed by atoms with van der Waals surface area (Å²) in [6.45, 7) is 6.83. The molecule has 2 aliphatic rings. The van der Waals surface area contributed by atoms with Gasteiger partial charge in [-0.05, 0) is 42.6 Å². The second-order valence-corrected chi connectivity index (χ2v) is 8.71. The van der Waals surface area contributed by atoms with E-state index >= 15 is 0 Å². The largest absolute Gasteiger partial charge is 0.383 e. The lowest BCUT2D eigenvalue weighted by Gasteiger charge is -2.47. The van der Waals surface area contributed by atoms with Gasteiger partial charge >= 0.3 is 0 Å². The first kappa shape index (κ1) is 19.9. The standard InChI is InChI=1S/C22H32N2O3/c1-17(2)14-19(25)21(27)23-12-10-22(11-13-23)9-8-20(26)24(16-22)15-18-6-4-3-5-7-18/h3-7,17,19,25H,8-16H2,1-2H3/t19-/m0/s1. The maximum absolute atomic E-state index is 12.5. The molecule has 2 fully saturated rings. The van der Waals surface area contributed by atoms with Gasteiger partial charge in [-0.1, -0.05) is 44.2 Å². The van der Waals surface area contributed by atoms with Crippen LogP contribution in [-0.4, -0.2) is 52.5 Å². The lowest BCUT2D eigenvalue weighted by molar-refractivity contribution is -0.147. The van der Waals surface area contributed by atoms with Crippen LogP contribution in [0, 0.1) is 11.3 Å². The molecule has 148 valence electrons. The van der Waals surface area contributed by atoms with Gasteiger partial charge < -0.3 is 14.9 Å². The highest BCUT2D eigenvalue weighted by Crippen LogP contribution is 2.40. The Labute approximate surface area is 162 Å². The van der Waals surface area contributed by atoms with Crippen LogP contribution >= 0.6 is 0 Å². The Kier molecular flexibility index (Phi) is 6.20. The molecule has 5 heteroatoms. The molecule has 2 heterocycles. The molecule has 0 aliphatic carbocycles. The summed E-state index contributed by atoms with van der Waals surface area (Å²) in [5.41, 5.74) is 1.27. The van der Waals surface area contributed by atoms with Gasteiger partial charge in [0.2, 0.25) is 5.91 Å². The number of carbonyl (C=O) groups is 2. The number of hydrogen-bond acceptors (Lipinski definition) is 3. The van der Waals surface area contributed by atoms with Crippen LogP contribution in [0.2, 0.25) is 0 Å². The number of benzene rings is 1. The predicted molar refractivity (Wildman–Crippen MR) is 105 cm³/mol. The number of nitrogens with zero attached hydrogens (tertiary/aromatic N) is 2. The molecule has 2 amide bonds. The van der Waals surface area contributed by atoms with Crippen LogP contribution in [0.4, 0.5) is 0 Å². The number of likely N-dealkylation sites (tertiary alicyclic amines) is 2. The SMILES string of the molecule is CC(C)C[C@H](O)C(=O)N1CCC2(CCC(=O)N(Cc3ccccc3)C2)CC1. The minimum atomic E-state index is -0.887. The Morgan fingerprint density at radius 1 is 1.15 bits per heavy atom. The average Bonchev–Trinajstić information content (AvgIpc) is 2.65. The second-order valence-electron chi connectivity index (χ2n) is 8.71. The van der Waals surface area contributed by atoms with Crippen LogP contribution in [0.5, 0.6) is 0 Å². The zero-order valence-electron chi connectivity index (χ0n) is 16.6. The summed E-state index contributed by atoms with van der Waals surface area (Å²) in [7, 11) is 0. The van der Waals surface area contributed by atoms with Gasteiger partial charge in [-0.2, -0.15) is 0 Å². The van der Waals surface area contributed by atoms with Crippen molar-refractivity contribution >= 4 is 11.8 Å². The highest BCUT2D eigenvalue weighted by atomic mass is 16.3. The summed E-state index contributed by atoms with van der Waals surface area (Å²) in [5.74, 6) is 0.401. The normalized spacial score (nSPS) is 21.0. The van der Waals surface area contributed by atoms with E-state index in [1.54, 1.807) is 0 Å². The summed E-state index contributed by atoms with van der Waals surface area (Å²) >= 11 is 0. The van der Waals surface area contributed by atoms with E-state index in [0.717, 1.165) is 31.4 Å². The van der Waals surface area contributed by atoms with Crippen LogP contribution < -0.4 is 0 Å². The molecule has 2 aliphatic heterocycles. The molecule has 3 rings (SSSR count). The Balaban J connectivity index is 1.58. The average molecular weight is 373 g/mol. The van der Waals surface area contributed by atoms with Crippen molar-refractivity contribution in [3.63, 3.8) is 0 Å². The molecular formula is C22H32N2O3. The van der Waals surface area contributed by atoms with Gasteiger partial charge in [0.15, 0.2) is 0 Å². The minimum absolute atomic E-state index is 0.114. The molecule has 0 saturated carbocycles. The lowest BCUT2D eigenvalue weighted by atomic mass is 9.72. The Hall–Kier alpha value is -1.88. The molecule has 5 nitrogen and oxygen atoms in total. The first-order valence-electron chi connectivity index (χ1n) is 10.2. The van der Waals surface area contributed by atoms with Crippen molar-refractivity contribution in [2.75, 3.05) is 19.6 Å².